The minimum absolute atomic E-state index is 0.103. The molecule has 1 aliphatic carbocycles. The number of amides is 2. The third-order valence-electron chi connectivity index (χ3n) is 6.10. The van der Waals surface area contributed by atoms with E-state index in [0.717, 1.165) is 22.3 Å². The van der Waals surface area contributed by atoms with Gasteiger partial charge in [-0.1, -0.05) is 48.5 Å². The summed E-state index contributed by atoms with van der Waals surface area (Å²) in [5.74, 6) is -1.31. The number of nitrogens with zero attached hydrogens (tertiary/aromatic N) is 2. The molecule has 1 unspecified atom stereocenters. The number of carbonyl (C=O) groups is 3. The van der Waals surface area contributed by atoms with Crippen molar-refractivity contribution < 1.29 is 29.0 Å². The van der Waals surface area contributed by atoms with Gasteiger partial charge in [0.25, 0.3) is 0 Å². The highest BCUT2D eigenvalue weighted by molar-refractivity contribution is 5.82. The fraction of sp³-hybridized carbons (Fsp3) is 0.423. The summed E-state index contributed by atoms with van der Waals surface area (Å²) in [6.07, 6.45) is -0.860. The van der Waals surface area contributed by atoms with Gasteiger partial charge in [0, 0.05) is 19.0 Å². The molecule has 8 nitrogen and oxygen atoms in total. The van der Waals surface area contributed by atoms with Crippen molar-refractivity contribution in [2.75, 3.05) is 26.2 Å². The van der Waals surface area contributed by atoms with Crippen LogP contribution in [-0.4, -0.2) is 70.9 Å². The van der Waals surface area contributed by atoms with E-state index in [1.54, 1.807) is 20.8 Å². The zero-order valence-corrected chi connectivity index (χ0v) is 19.7. The third-order valence-corrected chi connectivity index (χ3v) is 6.10. The first-order valence-electron chi connectivity index (χ1n) is 11.5. The number of rotatable bonds is 3. The molecule has 2 aromatic rings. The maximum atomic E-state index is 13.1. The number of hydrogen-bond acceptors (Lipinski definition) is 5. The van der Waals surface area contributed by atoms with Gasteiger partial charge in [-0.05, 0) is 49.4 Å². The lowest BCUT2D eigenvalue weighted by Gasteiger charge is -2.30. The van der Waals surface area contributed by atoms with Crippen LogP contribution in [0.5, 0.6) is 0 Å². The standard InChI is InChI=1S/C26H30N2O6/c1-26(2,3)34-24(31)27-13-8-14-28(22(15-27)23(29)30)25(32)33-16-21-19-11-6-4-9-17(19)18-10-5-7-12-20(18)21/h4-7,9-12,21-22H,8,13-16H2,1-3H3,(H,29,30). The molecular formula is C26H30N2O6. The van der Waals surface area contributed by atoms with Crippen molar-refractivity contribution in [2.45, 2.75) is 44.8 Å². The van der Waals surface area contributed by atoms with Crippen molar-refractivity contribution in [1.29, 1.82) is 0 Å². The van der Waals surface area contributed by atoms with Crippen LogP contribution in [0.15, 0.2) is 48.5 Å². The van der Waals surface area contributed by atoms with Crippen molar-refractivity contribution in [3.8, 4) is 11.1 Å². The Labute approximate surface area is 199 Å². The maximum absolute atomic E-state index is 13.1. The number of ether oxygens (including phenoxy) is 2. The molecule has 8 heteroatoms. The lowest BCUT2D eigenvalue weighted by molar-refractivity contribution is -0.142. The third kappa shape index (κ3) is 4.85. The number of fused-ring (bicyclic) bond motifs is 3. The summed E-state index contributed by atoms with van der Waals surface area (Å²) in [5.41, 5.74) is 3.70. The highest BCUT2D eigenvalue weighted by Crippen LogP contribution is 2.44. The van der Waals surface area contributed by atoms with Gasteiger partial charge in [0.05, 0.1) is 6.54 Å². The normalized spacial score (nSPS) is 18.0. The lowest BCUT2D eigenvalue weighted by Crippen LogP contribution is -2.50. The van der Waals surface area contributed by atoms with Gasteiger partial charge in [-0.15, -0.1) is 0 Å². The Kier molecular flexibility index (Phi) is 6.50. The molecule has 0 spiro atoms. The van der Waals surface area contributed by atoms with Crippen LogP contribution in [0.3, 0.4) is 0 Å². The fourth-order valence-corrected chi connectivity index (χ4v) is 4.59. The van der Waals surface area contributed by atoms with Gasteiger partial charge < -0.3 is 19.5 Å². The first-order chi connectivity index (χ1) is 16.2. The van der Waals surface area contributed by atoms with E-state index in [0.29, 0.717) is 13.0 Å². The predicted octanol–water partition coefficient (Wildman–Crippen LogP) is 4.33. The minimum atomic E-state index is -1.22. The quantitative estimate of drug-likeness (QED) is 0.723. The molecule has 180 valence electrons. The predicted molar refractivity (Wildman–Crippen MR) is 126 cm³/mol. The summed E-state index contributed by atoms with van der Waals surface area (Å²) >= 11 is 0. The van der Waals surface area contributed by atoms with Crippen molar-refractivity contribution >= 4 is 18.2 Å². The minimum Gasteiger partial charge on any atom is -0.480 e. The molecule has 1 aliphatic heterocycles. The summed E-state index contributed by atoms with van der Waals surface area (Å²) in [6.45, 7) is 5.67. The Bertz CT molecular complexity index is 1050. The van der Waals surface area contributed by atoms with E-state index in [-0.39, 0.29) is 25.6 Å². The molecule has 0 bridgehead atoms. The Balaban J connectivity index is 1.47. The second-order valence-electron chi connectivity index (χ2n) is 9.63. The van der Waals surface area contributed by atoms with E-state index in [1.165, 1.54) is 9.80 Å². The molecule has 1 saturated heterocycles. The van der Waals surface area contributed by atoms with Gasteiger partial charge in [0.2, 0.25) is 0 Å². The second-order valence-corrected chi connectivity index (χ2v) is 9.63. The van der Waals surface area contributed by atoms with E-state index >= 15 is 0 Å². The van der Waals surface area contributed by atoms with Crippen LogP contribution >= 0.6 is 0 Å². The molecule has 1 N–H and O–H groups in total. The smallest absolute Gasteiger partial charge is 0.410 e. The van der Waals surface area contributed by atoms with Gasteiger partial charge in [-0.3, -0.25) is 4.90 Å². The van der Waals surface area contributed by atoms with Crippen molar-refractivity contribution in [1.82, 2.24) is 9.80 Å². The zero-order valence-electron chi connectivity index (χ0n) is 19.7. The Morgan fingerprint density at radius 2 is 1.53 bits per heavy atom. The highest BCUT2D eigenvalue weighted by atomic mass is 16.6. The van der Waals surface area contributed by atoms with E-state index < -0.39 is 29.8 Å². The molecule has 1 heterocycles. The maximum Gasteiger partial charge on any atom is 0.410 e. The van der Waals surface area contributed by atoms with Crippen LogP contribution in [0.2, 0.25) is 0 Å². The van der Waals surface area contributed by atoms with Crippen LogP contribution < -0.4 is 0 Å². The lowest BCUT2D eigenvalue weighted by atomic mass is 9.98. The van der Waals surface area contributed by atoms with E-state index in [9.17, 15) is 19.5 Å². The molecule has 4 rings (SSSR count). The SMILES string of the molecule is CC(C)(C)OC(=O)N1CCCN(C(=O)OCC2c3ccccc3-c3ccccc32)C(C(=O)O)C1. The Hall–Kier alpha value is -3.55. The van der Waals surface area contributed by atoms with Gasteiger partial charge in [0.1, 0.15) is 12.2 Å². The fourth-order valence-electron chi connectivity index (χ4n) is 4.59. The molecule has 2 amide bonds. The van der Waals surface area contributed by atoms with E-state index in [2.05, 4.69) is 12.1 Å². The first kappa shape index (κ1) is 23.6. The second kappa shape index (κ2) is 9.37. The molecule has 0 saturated carbocycles. The van der Waals surface area contributed by atoms with Gasteiger partial charge in [0.15, 0.2) is 6.04 Å². The molecule has 0 aromatic heterocycles. The monoisotopic (exact) mass is 466 g/mol. The number of hydrogen-bond donors (Lipinski definition) is 1. The topological polar surface area (TPSA) is 96.4 Å². The summed E-state index contributed by atoms with van der Waals surface area (Å²) in [4.78, 5) is 40.2. The molecule has 0 radical (unpaired) electrons. The van der Waals surface area contributed by atoms with Crippen LogP contribution in [0.25, 0.3) is 11.1 Å². The van der Waals surface area contributed by atoms with Crippen LogP contribution in [0.4, 0.5) is 9.59 Å². The van der Waals surface area contributed by atoms with E-state index in [4.69, 9.17) is 9.47 Å². The zero-order chi connectivity index (χ0) is 24.5. The number of carbonyl (C=O) groups excluding carboxylic acids is 2. The van der Waals surface area contributed by atoms with Crippen molar-refractivity contribution in [2.24, 2.45) is 0 Å². The van der Waals surface area contributed by atoms with Crippen LogP contribution in [0, 0.1) is 0 Å². The number of aliphatic carboxylic acids is 1. The average Bonchev–Trinajstić information content (AvgIpc) is 2.93. The van der Waals surface area contributed by atoms with E-state index in [1.807, 2.05) is 36.4 Å². The van der Waals surface area contributed by atoms with Gasteiger partial charge in [-0.25, -0.2) is 14.4 Å². The molecule has 34 heavy (non-hydrogen) atoms. The van der Waals surface area contributed by atoms with Gasteiger partial charge in [-0.2, -0.15) is 0 Å². The molecule has 1 fully saturated rings. The van der Waals surface area contributed by atoms with Crippen LogP contribution in [0.1, 0.15) is 44.2 Å². The Morgan fingerprint density at radius 3 is 2.09 bits per heavy atom. The number of benzene rings is 2. The highest BCUT2D eigenvalue weighted by Gasteiger charge is 2.38. The molecule has 1 atom stereocenters. The first-order valence-corrected chi connectivity index (χ1v) is 11.5. The van der Waals surface area contributed by atoms with Crippen LogP contribution in [-0.2, 0) is 14.3 Å². The summed E-state index contributed by atoms with van der Waals surface area (Å²) in [7, 11) is 0. The Morgan fingerprint density at radius 1 is 0.941 bits per heavy atom. The van der Waals surface area contributed by atoms with Crippen molar-refractivity contribution in [3.05, 3.63) is 59.7 Å². The summed E-state index contributed by atoms with van der Waals surface area (Å²) in [5, 5.41) is 9.83. The average molecular weight is 467 g/mol. The number of carboxylic acids is 1. The molecule has 2 aromatic carbocycles. The summed E-state index contributed by atoms with van der Waals surface area (Å²) in [6, 6.07) is 14.8. The molecular weight excluding hydrogens is 436 g/mol. The summed E-state index contributed by atoms with van der Waals surface area (Å²) < 4.78 is 11.1. The van der Waals surface area contributed by atoms with Gasteiger partial charge >= 0.3 is 18.2 Å². The largest absolute Gasteiger partial charge is 0.480 e. The van der Waals surface area contributed by atoms with Crippen molar-refractivity contribution in [3.63, 3.8) is 0 Å². The number of carboxylic acid groups (broad SMARTS) is 1. The molecule has 2 aliphatic rings.